The lowest BCUT2D eigenvalue weighted by atomic mass is 10.1. The highest BCUT2D eigenvalue weighted by Crippen LogP contribution is 2.11. The highest BCUT2D eigenvalue weighted by Gasteiger charge is 2.20. The molecule has 2 heterocycles. The van der Waals surface area contributed by atoms with Crippen LogP contribution in [-0.2, 0) is 0 Å². The summed E-state index contributed by atoms with van der Waals surface area (Å²) in [6.07, 6.45) is 3.83. The van der Waals surface area contributed by atoms with Crippen molar-refractivity contribution in [1.29, 1.82) is 0 Å². The average Bonchev–Trinajstić information content (AvgIpc) is 2.70. The highest BCUT2D eigenvalue weighted by molar-refractivity contribution is 7.11. The number of likely N-dealkylation sites (tertiary alicyclic amines) is 1. The molecule has 4 nitrogen and oxygen atoms in total. The van der Waals surface area contributed by atoms with Gasteiger partial charge in [-0.3, -0.25) is 9.69 Å². The smallest absolute Gasteiger partial charge is 0.205 e. The molecule has 0 spiro atoms. The maximum atomic E-state index is 11.7. The molecule has 16 heavy (non-hydrogen) atoms. The van der Waals surface area contributed by atoms with E-state index in [-0.39, 0.29) is 24.2 Å². The van der Waals surface area contributed by atoms with Gasteiger partial charge in [-0.1, -0.05) is 0 Å². The molecule has 0 radical (unpaired) electrons. The first-order valence-corrected chi connectivity index (χ1v) is 6.04. The van der Waals surface area contributed by atoms with Crippen LogP contribution in [0, 0.1) is 0 Å². The van der Waals surface area contributed by atoms with Crippen molar-refractivity contribution in [3.8, 4) is 0 Å². The van der Waals surface area contributed by atoms with E-state index < -0.39 is 0 Å². The zero-order valence-corrected chi connectivity index (χ0v) is 10.6. The number of hydrogen-bond donors (Lipinski definition) is 1. The second-order valence-corrected chi connectivity index (χ2v) is 4.79. The molecule has 0 saturated carbocycles. The van der Waals surface area contributed by atoms with Crippen LogP contribution in [-0.4, -0.2) is 41.3 Å². The molecular weight excluding hydrogens is 246 g/mol. The number of Topliss-reactive ketones (excluding diaryl/α,β-unsaturated/α-hetero) is 1. The number of thiazole rings is 1. The number of nitrogens with two attached hydrogens (primary N) is 1. The van der Waals surface area contributed by atoms with Gasteiger partial charge in [-0.15, -0.1) is 23.7 Å². The van der Waals surface area contributed by atoms with Crippen LogP contribution < -0.4 is 5.73 Å². The van der Waals surface area contributed by atoms with Crippen LogP contribution in [0.2, 0.25) is 0 Å². The van der Waals surface area contributed by atoms with Crippen LogP contribution in [0.25, 0.3) is 0 Å². The number of piperidine rings is 1. The summed E-state index contributed by atoms with van der Waals surface area (Å²) in [5.41, 5.74) is 5.85. The number of carbonyl (C=O) groups is 1. The van der Waals surface area contributed by atoms with Crippen LogP contribution in [0.3, 0.4) is 0 Å². The fraction of sp³-hybridized carbons (Fsp3) is 0.600. The quantitative estimate of drug-likeness (QED) is 0.830. The Bertz CT molecular complexity index is 331. The second kappa shape index (κ2) is 6.30. The minimum Gasteiger partial charge on any atom is -0.327 e. The van der Waals surface area contributed by atoms with Crippen LogP contribution in [0.4, 0.5) is 0 Å². The molecule has 2 N–H and O–H groups in total. The molecule has 0 bridgehead atoms. The fourth-order valence-electron chi connectivity index (χ4n) is 1.87. The number of hydrogen-bond acceptors (Lipinski definition) is 5. The number of aromatic nitrogens is 1. The summed E-state index contributed by atoms with van der Waals surface area (Å²) >= 11 is 1.40. The van der Waals surface area contributed by atoms with E-state index in [1.54, 1.807) is 6.20 Å². The molecule has 1 aliphatic rings. The zero-order valence-electron chi connectivity index (χ0n) is 8.96. The molecule has 1 aromatic rings. The highest BCUT2D eigenvalue weighted by atomic mass is 35.5. The third-order valence-electron chi connectivity index (χ3n) is 2.58. The zero-order chi connectivity index (χ0) is 10.7. The number of nitrogens with zero attached hydrogens (tertiary/aromatic N) is 2. The van der Waals surface area contributed by atoms with Crippen LogP contribution in [0.15, 0.2) is 11.6 Å². The van der Waals surface area contributed by atoms with Crippen molar-refractivity contribution in [2.45, 2.75) is 18.9 Å². The summed E-state index contributed by atoms with van der Waals surface area (Å²) in [6, 6.07) is 0.225. The first-order valence-electron chi connectivity index (χ1n) is 5.16. The molecular formula is C10H16ClN3OS. The molecule has 1 fully saturated rings. The van der Waals surface area contributed by atoms with Gasteiger partial charge in [0.15, 0.2) is 5.01 Å². The molecule has 1 aromatic heterocycles. The van der Waals surface area contributed by atoms with E-state index in [0.717, 1.165) is 25.9 Å². The first-order chi connectivity index (χ1) is 7.25. The van der Waals surface area contributed by atoms with Gasteiger partial charge in [-0.05, 0) is 19.4 Å². The summed E-state index contributed by atoms with van der Waals surface area (Å²) in [6.45, 7) is 2.27. The largest absolute Gasteiger partial charge is 0.327 e. The van der Waals surface area contributed by atoms with Crippen LogP contribution in [0.5, 0.6) is 0 Å². The van der Waals surface area contributed by atoms with Gasteiger partial charge >= 0.3 is 0 Å². The molecule has 0 amide bonds. The Balaban J connectivity index is 0.00000128. The summed E-state index contributed by atoms with van der Waals surface area (Å²) in [5, 5.41) is 2.43. The van der Waals surface area contributed by atoms with Gasteiger partial charge in [-0.2, -0.15) is 0 Å². The molecule has 90 valence electrons. The lowest BCUT2D eigenvalue weighted by Gasteiger charge is -2.29. The van der Waals surface area contributed by atoms with Crippen molar-refractivity contribution in [2.24, 2.45) is 5.73 Å². The van der Waals surface area contributed by atoms with Crippen molar-refractivity contribution in [2.75, 3.05) is 19.6 Å². The van der Waals surface area contributed by atoms with E-state index in [0.29, 0.717) is 11.6 Å². The Morgan fingerprint density at radius 3 is 3.12 bits per heavy atom. The van der Waals surface area contributed by atoms with Crippen LogP contribution >= 0.6 is 23.7 Å². The number of carbonyl (C=O) groups excluding carboxylic acids is 1. The maximum Gasteiger partial charge on any atom is 0.205 e. The fourth-order valence-corrected chi connectivity index (χ4v) is 2.44. The van der Waals surface area contributed by atoms with Gasteiger partial charge in [0.2, 0.25) is 5.78 Å². The van der Waals surface area contributed by atoms with Crippen molar-refractivity contribution in [1.82, 2.24) is 9.88 Å². The van der Waals surface area contributed by atoms with E-state index in [2.05, 4.69) is 9.88 Å². The minimum atomic E-state index is 0. The van der Waals surface area contributed by atoms with Gasteiger partial charge in [-0.25, -0.2) is 4.98 Å². The molecule has 1 atom stereocenters. The van der Waals surface area contributed by atoms with Crippen molar-refractivity contribution in [3.05, 3.63) is 16.6 Å². The first kappa shape index (κ1) is 13.6. The molecule has 1 aliphatic heterocycles. The topological polar surface area (TPSA) is 59.2 Å². The number of rotatable bonds is 3. The molecule has 1 saturated heterocycles. The lowest BCUT2D eigenvalue weighted by Crippen LogP contribution is -2.44. The predicted octanol–water partition coefficient (Wildman–Crippen LogP) is 1.17. The van der Waals surface area contributed by atoms with Crippen molar-refractivity contribution < 1.29 is 4.79 Å². The summed E-state index contributed by atoms with van der Waals surface area (Å²) in [7, 11) is 0. The van der Waals surface area contributed by atoms with Gasteiger partial charge in [0.25, 0.3) is 0 Å². The Morgan fingerprint density at radius 2 is 2.50 bits per heavy atom. The van der Waals surface area contributed by atoms with Crippen LogP contribution in [0.1, 0.15) is 22.6 Å². The molecule has 2 rings (SSSR count). The van der Waals surface area contributed by atoms with E-state index in [9.17, 15) is 4.79 Å². The number of ketones is 1. The van der Waals surface area contributed by atoms with Crippen molar-refractivity contribution in [3.63, 3.8) is 0 Å². The molecule has 6 heteroatoms. The van der Waals surface area contributed by atoms with Crippen molar-refractivity contribution >= 4 is 29.5 Å². The SMILES string of the molecule is Cl.NC1CCCN(CC(=O)c2nccs2)C1. The Labute approximate surface area is 105 Å². The lowest BCUT2D eigenvalue weighted by molar-refractivity contribution is 0.0908. The Morgan fingerprint density at radius 1 is 1.69 bits per heavy atom. The molecule has 0 aromatic carbocycles. The van der Waals surface area contributed by atoms with E-state index in [4.69, 9.17) is 5.73 Å². The Hall–Kier alpha value is -0.490. The normalized spacial score (nSPS) is 21.4. The summed E-state index contributed by atoms with van der Waals surface area (Å²) in [4.78, 5) is 17.9. The van der Waals surface area contributed by atoms with Gasteiger partial charge < -0.3 is 5.73 Å². The van der Waals surface area contributed by atoms with Gasteiger partial charge in [0.05, 0.1) is 6.54 Å². The van der Waals surface area contributed by atoms with Gasteiger partial charge in [0, 0.05) is 24.2 Å². The van der Waals surface area contributed by atoms with E-state index in [1.165, 1.54) is 11.3 Å². The maximum absolute atomic E-state index is 11.7. The third kappa shape index (κ3) is 3.52. The summed E-state index contributed by atoms with van der Waals surface area (Å²) in [5.74, 6) is 0.110. The Kier molecular flexibility index (Phi) is 5.34. The summed E-state index contributed by atoms with van der Waals surface area (Å²) < 4.78 is 0. The van der Waals surface area contributed by atoms with Gasteiger partial charge in [0.1, 0.15) is 0 Å². The van der Waals surface area contributed by atoms with E-state index >= 15 is 0 Å². The van der Waals surface area contributed by atoms with E-state index in [1.807, 2.05) is 5.38 Å². The standard InChI is InChI=1S/C10H15N3OS.ClH/c11-8-2-1-4-13(6-8)7-9(14)10-12-3-5-15-10;/h3,5,8H,1-2,4,6-7,11H2;1H. The number of halogens is 1. The second-order valence-electron chi connectivity index (χ2n) is 3.90. The molecule has 1 unspecified atom stereocenters. The average molecular weight is 262 g/mol. The predicted molar refractivity (Wildman–Crippen MR) is 67.3 cm³/mol. The molecule has 0 aliphatic carbocycles. The monoisotopic (exact) mass is 261 g/mol. The third-order valence-corrected chi connectivity index (χ3v) is 3.39. The minimum absolute atomic E-state index is 0.